The maximum absolute atomic E-state index is 6.24. The molecule has 20 heavy (non-hydrogen) atoms. The van der Waals surface area contributed by atoms with Crippen LogP contribution in [-0.2, 0) is 23.2 Å². The molecule has 1 atom stereocenters. The quantitative estimate of drug-likeness (QED) is 0.876. The summed E-state index contributed by atoms with van der Waals surface area (Å²) in [7, 11) is 0. The molecule has 5 heteroatoms. The van der Waals surface area contributed by atoms with Gasteiger partial charge in [-0.25, -0.2) is 9.97 Å². The molecule has 0 aromatic carbocycles. The molecular weight excluding hydrogens is 270 g/mol. The average Bonchev–Trinajstić information content (AvgIpc) is 2.99. The lowest BCUT2D eigenvalue weighted by molar-refractivity contribution is -0.0757. The number of aryl methyl sites for hydroxylation is 2. The van der Waals surface area contributed by atoms with Crippen LogP contribution in [0.15, 0.2) is 0 Å². The largest absolute Gasteiger partial charge is 0.383 e. The first kappa shape index (κ1) is 12.5. The molecule has 4 rings (SSSR count). The van der Waals surface area contributed by atoms with Crippen LogP contribution < -0.4 is 5.73 Å². The van der Waals surface area contributed by atoms with E-state index in [0.717, 1.165) is 41.9 Å². The van der Waals surface area contributed by atoms with Gasteiger partial charge >= 0.3 is 0 Å². The molecule has 0 radical (unpaired) electrons. The third-order valence-electron chi connectivity index (χ3n) is 4.53. The van der Waals surface area contributed by atoms with Gasteiger partial charge in [0, 0.05) is 11.5 Å². The smallest absolute Gasteiger partial charge is 0.163 e. The van der Waals surface area contributed by atoms with Crippen LogP contribution in [-0.4, -0.2) is 16.6 Å². The number of ether oxygens (including phenoxy) is 1. The van der Waals surface area contributed by atoms with Gasteiger partial charge < -0.3 is 10.5 Å². The summed E-state index contributed by atoms with van der Waals surface area (Å²) in [4.78, 5) is 11.9. The summed E-state index contributed by atoms with van der Waals surface area (Å²) in [6.07, 6.45) is 6.79. The van der Waals surface area contributed by atoms with Crippen LogP contribution in [0, 0.1) is 0 Å². The Labute approximate surface area is 122 Å². The Morgan fingerprint density at radius 2 is 2.10 bits per heavy atom. The molecule has 4 nitrogen and oxygen atoms in total. The van der Waals surface area contributed by atoms with Gasteiger partial charge in [0.05, 0.1) is 5.39 Å². The molecule has 106 valence electrons. The van der Waals surface area contributed by atoms with Gasteiger partial charge in [0.25, 0.3) is 0 Å². The molecule has 2 N–H and O–H groups in total. The molecule has 0 spiro atoms. The van der Waals surface area contributed by atoms with E-state index in [1.165, 1.54) is 29.7 Å². The minimum Gasteiger partial charge on any atom is -0.383 e. The summed E-state index contributed by atoms with van der Waals surface area (Å²) in [5, 5.41) is 1.10. The SMILES string of the molecule is CC1(c2nc(N)c3c4c(sc3n2)CCC4)CCCCO1. The number of rotatable bonds is 1. The molecule has 2 aliphatic rings. The van der Waals surface area contributed by atoms with Gasteiger partial charge in [-0.2, -0.15) is 0 Å². The Morgan fingerprint density at radius 3 is 2.90 bits per heavy atom. The molecule has 3 heterocycles. The maximum atomic E-state index is 6.24. The van der Waals surface area contributed by atoms with E-state index in [9.17, 15) is 0 Å². The van der Waals surface area contributed by atoms with Crippen molar-refractivity contribution in [3.05, 3.63) is 16.3 Å². The summed E-state index contributed by atoms with van der Waals surface area (Å²) in [5.74, 6) is 1.40. The van der Waals surface area contributed by atoms with Crippen molar-refractivity contribution >= 4 is 27.4 Å². The highest BCUT2D eigenvalue weighted by Gasteiger charge is 2.34. The fourth-order valence-corrected chi connectivity index (χ4v) is 4.64. The fourth-order valence-electron chi connectivity index (χ4n) is 3.37. The Morgan fingerprint density at radius 1 is 1.20 bits per heavy atom. The van der Waals surface area contributed by atoms with E-state index >= 15 is 0 Å². The van der Waals surface area contributed by atoms with Gasteiger partial charge in [0.15, 0.2) is 5.82 Å². The van der Waals surface area contributed by atoms with Crippen molar-refractivity contribution in [2.75, 3.05) is 12.3 Å². The molecule has 0 amide bonds. The number of anilines is 1. The molecule has 1 unspecified atom stereocenters. The molecular formula is C15H19N3OS. The predicted octanol–water partition coefficient (Wildman–Crippen LogP) is 3.18. The van der Waals surface area contributed by atoms with Gasteiger partial charge in [-0.15, -0.1) is 11.3 Å². The Kier molecular flexibility index (Phi) is 2.76. The first-order valence-corrected chi connectivity index (χ1v) is 8.21. The van der Waals surface area contributed by atoms with E-state index in [1.54, 1.807) is 11.3 Å². The van der Waals surface area contributed by atoms with Gasteiger partial charge in [-0.05, 0) is 51.0 Å². The maximum Gasteiger partial charge on any atom is 0.163 e. The Balaban J connectivity index is 1.86. The van der Waals surface area contributed by atoms with Crippen LogP contribution in [0.2, 0.25) is 0 Å². The molecule has 1 aliphatic heterocycles. The van der Waals surface area contributed by atoms with Crippen LogP contribution in [0.4, 0.5) is 5.82 Å². The molecule has 0 saturated carbocycles. The van der Waals surface area contributed by atoms with Crippen molar-refractivity contribution < 1.29 is 4.74 Å². The van der Waals surface area contributed by atoms with Crippen molar-refractivity contribution in [1.82, 2.24) is 9.97 Å². The number of aromatic nitrogens is 2. The number of fused-ring (bicyclic) bond motifs is 3. The average molecular weight is 289 g/mol. The number of nitrogen functional groups attached to an aromatic ring is 1. The van der Waals surface area contributed by atoms with Crippen LogP contribution in [0.1, 0.15) is 48.9 Å². The first-order chi connectivity index (χ1) is 9.67. The summed E-state index contributed by atoms with van der Waals surface area (Å²) >= 11 is 1.79. The molecule has 0 bridgehead atoms. The molecule has 2 aromatic rings. The van der Waals surface area contributed by atoms with Crippen LogP contribution in [0.3, 0.4) is 0 Å². The Bertz CT molecular complexity index is 673. The van der Waals surface area contributed by atoms with E-state index in [-0.39, 0.29) is 5.60 Å². The Hall–Kier alpha value is -1.20. The van der Waals surface area contributed by atoms with E-state index in [4.69, 9.17) is 15.5 Å². The van der Waals surface area contributed by atoms with Crippen LogP contribution in [0.25, 0.3) is 10.2 Å². The lowest BCUT2D eigenvalue weighted by Gasteiger charge is -2.32. The van der Waals surface area contributed by atoms with Gasteiger partial charge in [0.1, 0.15) is 16.2 Å². The van der Waals surface area contributed by atoms with E-state index in [0.29, 0.717) is 5.82 Å². The summed E-state index contributed by atoms with van der Waals surface area (Å²) in [6, 6.07) is 0. The van der Waals surface area contributed by atoms with Crippen LogP contribution >= 0.6 is 11.3 Å². The highest BCUT2D eigenvalue weighted by Crippen LogP contribution is 2.41. The second kappa shape index (κ2) is 4.40. The van der Waals surface area contributed by atoms with Gasteiger partial charge in [-0.3, -0.25) is 0 Å². The predicted molar refractivity (Wildman–Crippen MR) is 81.0 cm³/mol. The first-order valence-electron chi connectivity index (χ1n) is 7.39. The molecule has 1 saturated heterocycles. The standard InChI is InChI=1S/C15H19N3OS/c1-15(7-2-3-8-19-15)14-17-12(16)11-9-5-4-6-10(9)20-13(11)18-14/h2-8H2,1H3,(H2,16,17,18). The minimum atomic E-state index is -0.366. The van der Waals surface area contributed by atoms with E-state index < -0.39 is 0 Å². The zero-order chi connectivity index (χ0) is 13.7. The lowest BCUT2D eigenvalue weighted by atomic mass is 9.95. The number of thiophene rings is 1. The summed E-state index contributed by atoms with van der Waals surface area (Å²) in [6.45, 7) is 2.88. The molecule has 2 aromatic heterocycles. The van der Waals surface area contributed by atoms with Crippen molar-refractivity contribution in [3.63, 3.8) is 0 Å². The zero-order valence-electron chi connectivity index (χ0n) is 11.7. The van der Waals surface area contributed by atoms with Crippen molar-refractivity contribution in [2.24, 2.45) is 0 Å². The van der Waals surface area contributed by atoms with Crippen molar-refractivity contribution in [3.8, 4) is 0 Å². The zero-order valence-corrected chi connectivity index (χ0v) is 12.6. The van der Waals surface area contributed by atoms with Crippen molar-refractivity contribution in [1.29, 1.82) is 0 Å². The van der Waals surface area contributed by atoms with E-state index in [2.05, 4.69) is 11.9 Å². The molecule has 1 aliphatic carbocycles. The third-order valence-corrected chi connectivity index (χ3v) is 5.72. The van der Waals surface area contributed by atoms with Gasteiger partial charge in [-0.1, -0.05) is 0 Å². The normalized spacial score (nSPS) is 26.1. The van der Waals surface area contributed by atoms with Crippen molar-refractivity contribution in [2.45, 2.75) is 51.0 Å². The minimum absolute atomic E-state index is 0.366. The summed E-state index contributed by atoms with van der Waals surface area (Å²) in [5.41, 5.74) is 7.27. The monoisotopic (exact) mass is 289 g/mol. The van der Waals surface area contributed by atoms with E-state index in [1.807, 2.05) is 0 Å². The van der Waals surface area contributed by atoms with Crippen LogP contribution in [0.5, 0.6) is 0 Å². The number of nitrogens with two attached hydrogens (primary N) is 1. The lowest BCUT2D eigenvalue weighted by Crippen LogP contribution is -2.32. The third kappa shape index (κ3) is 1.76. The number of hydrogen-bond acceptors (Lipinski definition) is 5. The fraction of sp³-hybridized carbons (Fsp3) is 0.600. The topological polar surface area (TPSA) is 61.0 Å². The second-order valence-electron chi connectivity index (χ2n) is 6.01. The van der Waals surface area contributed by atoms with Gasteiger partial charge in [0.2, 0.25) is 0 Å². The number of hydrogen-bond donors (Lipinski definition) is 1. The number of nitrogens with zero attached hydrogens (tertiary/aromatic N) is 2. The highest BCUT2D eigenvalue weighted by atomic mass is 32.1. The highest BCUT2D eigenvalue weighted by molar-refractivity contribution is 7.19. The second-order valence-corrected chi connectivity index (χ2v) is 7.09. The summed E-state index contributed by atoms with van der Waals surface area (Å²) < 4.78 is 5.96. The molecule has 1 fully saturated rings.